The average molecular weight is 520 g/mol. The van der Waals surface area contributed by atoms with Gasteiger partial charge in [-0.2, -0.15) is 23.8 Å². The molecule has 0 radical (unpaired) electrons. The van der Waals surface area contributed by atoms with Crippen LogP contribution in [0.25, 0.3) is 6.08 Å². The molecule has 0 amide bonds. The molecule has 154 valence electrons. The van der Waals surface area contributed by atoms with Gasteiger partial charge >= 0.3 is 0 Å². The predicted molar refractivity (Wildman–Crippen MR) is 123 cm³/mol. The Balaban J connectivity index is -0.0000000500. The summed E-state index contributed by atoms with van der Waals surface area (Å²) < 4.78 is 0. The van der Waals surface area contributed by atoms with E-state index < -0.39 is 0 Å². The van der Waals surface area contributed by atoms with Crippen LogP contribution >= 0.6 is 0 Å². The van der Waals surface area contributed by atoms with E-state index in [4.69, 9.17) is 0 Å². The van der Waals surface area contributed by atoms with Crippen LogP contribution in [-0.4, -0.2) is 0 Å². The molecule has 1 aliphatic carbocycles. The molecule has 0 nitrogen and oxygen atoms in total. The van der Waals surface area contributed by atoms with Gasteiger partial charge in [-0.3, -0.25) is 6.08 Å². The fraction of sp³-hybridized carbons (Fsp3) is 0.200. The zero-order valence-electron chi connectivity index (χ0n) is 18.6. The third-order valence-corrected chi connectivity index (χ3v) is 3.07. The molecule has 0 aromatic heterocycles. The van der Waals surface area contributed by atoms with Gasteiger partial charge in [0.2, 0.25) is 0 Å². The van der Waals surface area contributed by atoms with Gasteiger partial charge in [0.25, 0.3) is 0 Å². The van der Waals surface area contributed by atoms with Crippen molar-refractivity contribution < 1.29 is 25.8 Å². The van der Waals surface area contributed by atoms with Crippen molar-refractivity contribution >= 4 is 6.08 Å². The summed E-state index contributed by atoms with van der Waals surface area (Å²) in [6.07, 6.45) is 6.77. The number of fused-ring (bicyclic) bond motifs is 1. The first kappa shape index (κ1) is 44.5. The van der Waals surface area contributed by atoms with Gasteiger partial charge < -0.3 is 52.0 Å². The first-order valence-corrected chi connectivity index (χ1v) is 6.62. The SMILES string of the molecule is CC(C)CC1[C-]=Cc2ccccc21.[CH3-].[CH3-].[CH3-].[CH3-].[CH3-].[CH3-].[CH3-].[Hf].c1cc[cH-]c1. The summed E-state index contributed by atoms with van der Waals surface area (Å²) in [6, 6.07) is 18.6. The van der Waals surface area contributed by atoms with Gasteiger partial charge in [0.1, 0.15) is 0 Å². The molecule has 1 aliphatic rings. The Bertz CT molecular complexity index is 463. The molecule has 0 spiro atoms. The Hall–Kier alpha value is -0.820. The Morgan fingerprint density at radius 2 is 1.35 bits per heavy atom. The van der Waals surface area contributed by atoms with E-state index in [9.17, 15) is 0 Å². The van der Waals surface area contributed by atoms with E-state index in [0.717, 1.165) is 5.92 Å². The van der Waals surface area contributed by atoms with Gasteiger partial charge in [-0.05, 0) is 5.92 Å². The van der Waals surface area contributed by atoms with E-state index in [1.165, 1.54) is 17.5 Å². The molecule has 0 saturated carbocycles. The fourth-order valence-electron chi connectivity index (χ4n) is 2.23. The molecule has 0 N–H and O–H groups in total. The summed E-state index contributed by atoms with van der Waals surface area (Å²) in [7, 11) is 0. The van der Waals surface area contributed by atoms with E-state index in [2.05, 4.69) is 50.3 Å². The number of hydrogen-bond donors (Lipinski definition) is 0. The topological polar surface area (TPSA) is 0 Å². The van der Waals surface area contributed by atoms with Gasteiger partial charge in [-0.25, -0.2) is 18.2 Å². The third-order valence-electron chi connectivity index (χ3n) is 3.07. The number of hydrogen-bond acceptors (Lipinski definition) is 0. The van der Waals surface area contributed by atoms with Crippen LogP contribution < -0.4 is 0 Å². The second kappa shape index (κ2) is 24.2. The molecule has 2 aromatic carbocycles. The first-order chi connectivity index (χ1) is 8.77. The van der Waals surface area contributed by atoms with Gasteiger partial charge in [-0.15, -0.1) is 11.6 Å². The summed E-state index contributed by atoms with van der Waals surface area (Å²) in [5, 5.41) is 0. The van der Waals surface area contributed by atoms with Crippen molar-refractivity contribution in [2.45, 2.75) is 26.2 Å². The predicted octanol–water partition coefficient (Wildman–Crippen LogP) is 8.20. The van der Waals surface area contributed by atoms with Crippen molar-refractivity contribution in [3.63, 3.8) is 0 Å². The van der Waals surface area contributed by atoms with Crippen LogP contribution in [0.2, 0.25) is 0 Å². The molecule has 2 aromatic rings. The zero-order chi connectivity index (χ0) is 12.8. The Labute approximate surface area is 187 Å². The average Bonchev–Trinajstić information content (AvgIpc) is 3.02. The molecule has 0 bridgehead atoms. The molecular formula is C25H41Hf-9. The second-order valence-corrected chi connectivity index (χ2v) is 5.08. The van der Waals surface area contributed by atoms with Crippen molar-refractivity contribution in [3.05, 3.63) is 124 Å². The maximum absolute atomic E-state index is 3.43. The maximum atomic E-state index is 3.43. The van der Waals surface area contributed by atoms with E-state index >= 15 is 0 Å². The minimum Gasteiger partial charge on any atom is -0.358 e. The Morgan fingerprint density at radius 1 is 0.846 bits per heavy atom. The second-order valence-electron chi connectivity index (χ2n) is 5.08. The number of benzene rings is 1. The molecule has 1 atom stereocenters. The van der Waals surface area contributed by atoms with E-state index in [1.54, 1.807) is 0 Å². The normalized spacial score (nSPS) is 11.3. The number of allylic oxidation sites excluding steroid dienone is 1. The van der Waals surface area contributed by atoms with E-state index in [0.29, 0.717) is 5.92 Å². The molecule has 0 aliphatic heterocycles. The minimum atomic E-state index is 0. The summed E-state index contributed by atoms with van der Waals surface area (Å²) >= 11 is 0. The smallest absolute Gasteiger partial charge is 0 e. The monoisotopic (exact) mass is 521 g/mol. The van der Waals surface area contributed by atoms with Gasteiger partial charge in [0.15, 0.2) is 0 Å². The van der Waals surface area contributed by atoms with Crippen molar-refractivity contribution in [2.75, 3.05) is 0 Å². The minimum absolute atomic E-state index is 0. The Morgan fingerprint density at radius 3 is 1.77 bits per heavy atom. The zero-order valence-corrected chi connectivity index (χ0v) is 22.2. The summed E-state index contributed by atoms with van der Waals surface area (Å²) in [5.74, 6) is 1.29. The molecule has 3 rings (SSSR count). The van der Waals surface area contributed by atoms with Gasteiger partial charge in [0, 0.05) is 25.8 Å². The Kier molecular flexibility index (Phi) is 41.4. The summed E-state index contributed by atoms with van der Waals surface area (Å²) in [4.78, 5) is 0. The van der Waals surface area contributed by atoms with Crippen molar-refractivity contribution in [3.8, 4) is 0 Å². The van der Waals surface area contributed by atoms with Crippen LogP contribution in [0.5, 0.6) is 0 Å². The fourth-order valence-corrected chi connectivity index (χ4v) is 2.23. The van der Waals surface area contributed by atoms with Crippen LogP contribution in [-0.2, 0) is 25.8 Å². The molecule has 1 unspecified atom stereocenters. The first-order valence-electron chi connectivity index (χ1n) is 6.62. The van der Waals surface area contributed by atoms with Gasteiger partial charge in [-0.1, -0.05) is 44.4 Å². The molecule has 0 fully saturated rings. The molecule has 0 heterocycles. The van der Waals surface area contributed by atoms with E-state index in [-0.39, 0.29) is 77.8 Å². The quantitative estimate of drug-likeness (QED) is 0.277. The van der Waals surface area contributed by atoms with Crippen LogP contribution in [0.3, 0.4) is 0 Å². The van der Waals surface area contributed by atoms with Crippen molar-refractivity contribution in [1.82, 2.24) is 0 Å². The third kappa shape index (κ3) is 14.4. The van der Waals surface area contributed by atoms with Crippen molar-refractivity contribution in [2.24, 2.45) is 5.92 Å². The molecule has 0 saturated heterocycles. The van der Waals surface area contributed by atoms with Crippen LogP contribution in [0.4, 0.5) is 0 Å². The van der Waals surface area contributed by atoms with Gasteiger partial charge in [0.05, 0.1) is 0 Å². The van der Waals surface area contributed by atoms with Crippen LogP contribution in [0, 0.1) is 64.0 Å². The number of rotatable bonds is 2. The molecular weight excluding hydrogens is 479 g/mol. The largest absolute Gasteiger partial charge is 0.358 e. The van der Waals surface area contributed by atoms with E-state index in [1.807, 2.05) is 30.3 Å². The van der Waals surface area contributed by atoms with Crippen molar-refractivity contribution in [1.29, 1.82) is 0 Å². The molecule has 26 heavy (non-hydrogen) atoms. The summed E-state index contributed by atoms with van der Waals surface area (Å²) in [6.45, 7) is 4.53. The summed E-state index contributed by atoms with van der Waals surface area (Å²) in [5.41, 5.74) is 2.81. The standard InChI is InChI=1S/C13H15.C5H5.7CH3.Hf/c1-10(2)9-12-8-7-11-5-3-4-6-13(11)12;1-2-4-5-3-1;;;;;;;;/h3-7,10,12H,9H2,1-2H3;1-5H;7*1H3;/q9*-1;. The van der Waals surface area contributed by atoms with Crippen LogP contribution in [0.15, 0.2) is 54.6 Å². The van der Waals surface area contributed by atoms with Crippen LogP contribution in [0.1, 0.15) is 37.3 Å². The maximum Gasteiger partial charge on any atom is 0 e. The molecule has 1 heteroatoms.